The Labute approximate surface area is 237 Å². The van der Waals surface area contributed by atoms with E-state index in [1.54, 1.807) is 4.90 Å². The Balaban J connectivity index is 1.05. The molecule has 4 fully saturated rings. The van der Waals surface area contributed by atoms with Gasteiger partial charge in [0, 0.05) is 55.6 Å². The molecule has 5 atom stereocenters. The van der Waals surface area contributed by atoms with Gasteiger partial charge in [0.25, 0.3) is 0 Å². The highest BCUT2D eigenvalue weighted by Gasteiger charge is 2.54. The summed E-state index contributed by atoms with van der Waals surface area (Å²) in [5.41, 5.74) is 8.67. The number of likely N-dealkylation sites (tertiary alicyclic amines) is 1. The second-order valence-corrected chi connectivity index (χ2v) is 12.0. The molecule has 5 heterocycles. The lowest BCUT2D eigenvalue weighted by Gasteiger charge is -2.59. The van der Waals surface area contributed by atoms with Gasteiger partial charge in [-0.2, -0.15) is 4.39 Å². The molecule has 3 aliphatic heterocycles. The van der Waals surface area contributed by atoms with E-state index < -0.39 is 12.1 Å². The van der Waals surface area contributed by atoms with E-state index in [1.807, 2.05) is 20.0 Å². The largest absolute Gasteiger partial charge is 0.450 e. The van der Waals surface area contributed by atoms with Gasteiger partial charge >= 0.3 is 6.09 Å². The van der Waals surface area contributed by atoms with Crippen LogP contribution >= 0.6 is 23.2 Å². The molecule has 0 bridgehead atoms. The van der Waals surface area contributed by atoms with Gasteiger partial charge in [0.2, 0.25) is 5.95 Å². The van der Waals surface area contributed by atoms with Gasteiger partial charge in [0.15, 0.2) is 0 Å². The number of carbonyl (C=O) groups excluding carboxylic acids is 1. The molecule has 210 valence electrons. The summed E-state index contributed by atoms with van der Waals surface area (Å²) in [4.78, 5) is 24.3. The Morgan fingerprint density at radius 1 is 1.18 bits per heavy atom. The zero-order chi connectivity index (χ0) is 27.3. The van der Waals surface area contributed by atoms with E-state index in [-0.39, 0.29) is 28.7 Å². The number of nitrogens with one attached hydrogen (secondary N) is 2. The van der Waals surface area contributed by atoms with Crippen LogP contribution in [0.25, 0.3) is 0 Å². The standard InChI is InChI=1S/C27H33Cl2FN6O3/c1-3-38-26(37)36-13-27(14-36)11-35(12-27)21-7-4-16(9-31-21)24-18-8-17(5-6-20(18)33-34-24)39-15(2)22-19(28)10-32-25(30)23(22)29/h4,7,9-10,15,17-18,20,24,33-34H,3,5-6,8,11-14H2,1-2H3/t15-,17?,18?,20?,24?/m0/s1. The van der Waals surface area contributed by atoms with E-state index in [9.17, 15) is 9.18 Å². The first-order chi connectivity index (χ1) is 18.8. The smallest absolute Gasteiger partial charge is 0.409 e. The minimum Gasteiger partial charge on any atom is -0.450 e. The lowest BCUT2D eigenvalue weighted by atomic mass is 9.73. The third-order valence-corrected chi connectivity index (χ3v) is 9.22. The molecule has 9 nitrogen and oxygen atoms in total. The average Bonchev–Trinajstić information content (AvgIpc) is 3.29. The second-order valence-electron chi connectivity index (χ2n) is 11.2. The van der Waals surface area contributed by atoms with Gasteiger partial charge in [-0.3, -0.25) is 5.43 Å². The van der Waals surface area contributed by atoms with Crippen molar-refractivity contribution in [1.29, 1.82) is 0 Å². The molecule has 39 heavy (non-hydrogen) atoms. The van der Waals surface area contributed by atoms with Gasteiger partial charge in [-0.05, 0) is 50.7 Å². The number of hydrazine groups is 1. The molecule has 4 aliphatic rings. The van der Waals surface area contributed by atoms with Crippen LogP contribution in [-0.2, 0) is 9.47 Å². The van der Waals surface area contributed by atoms with Crippen LogP contribution in [0.1, 0.15) is 56.4 Å². The van der Waals surface area contributed by atoms with Crippen LogP contribution < -0.4 is 15.8 Å². The van der Waals surface area contributed by atoms with Gasteiger partial charge < -0.3 is 19.3 Å². The molecular weight excluding hydrogens is 546 g/mol. The maximum absolute atomic E-state index is 13.9. The van der Waals surface area contributed by atoms with Crippen LogP contribution in [0.4, 0.5) is 15.0 Å². The topological polar surface area (TPSA) is 91.9 Å². The summed E-state index contributed by atoms with van der Waals surface area (Å²) in [5.74, 6) is 0.536. The van der Waals surface area contributed by atoms with Crippen molar-refractivity contribution < 1.29 is 18.7 Å². The molecule has 1 amide bonds. The van der Waals surface area contributed by atoms with Gasteiger partial charge in [0.1, 0.15) is 10.8 Å². The summed E-state index contributed by atoms with van der Waals surface area (Å²) in [7, 11) is 0. The van der Waals surface area contributed by atoms with Crippen LogP contribution in [0.3, 0.4) is 0 Å². The number of pyridine rings is 2. The van der Waals surface area contributed by atoms with Crippen LogP contribution in [-0.4, -0.2) is 65.9 Å². The van der Waals surface area contributed by atoms with E-state index in [1.165, 1.54) is 6.20 Å². The van der Waals surface area contributed by atoms with Crippen molar-refractivity contribution in [3.8, 4) is 0 Å². The van der Waals surface area contributed by atoms with Crippen molar-refractivity contribution in [3.63, 3.8) is 0 Å². The highest BCUT2D eigenvalue weighted by molar-refractivity contribution is 6.35. The SMILES string of the molecule is CCOC(=O)N1CC2(C1)CN(c1ccc(C3NNC4CCC(O[C@@H](C)c5c(Cl)cnc(F)c5Cl)CC43)cn1)C2. The van der Waals surface area contributed by atoms with Crippen molar-refractivity contribution in [2.24, 2.45) is 11.3 Å². The number of hydrogen-bond donors (Lipinski definition) is 2. The fraction of sp³-hybridized carbons (Fsp3) is 0.593. The molecular formula is C27H33Cl2FN6O3. The quantitative estimate of drug-likeness (QED) is 0.478. The monoisotopic (exact) mass is 578 g/mol. The predicted octanol–water partition coefficient (Wildman–Crippen LogP) is 4.67. The molecule has 0 radical (unpaired) electrons. The summed E-state index contributed by atoms with van der Waals surface area (Å²) in [6, 6.07) is 4.68. The van der Waals surface area contributed by atoms with Crippen molar-refractivity contribution >= 4 is 35.1 Å². The molecule has 12 heteroatoms. The van der Waals surface area contributed by atoms with Crippen molar-refractivity contribution in [3.05, 3.63) is 51.6 Å². The Hall–Kier alpha value is -2.24. The second kappa shape index (κ2) is 10.6. The summed E-state index contributed by atoms with van der Waals surface area (Å²) in [6.45, 7) is 7.37. The summed E-state index contributed by atoms with van der Waals surface area (Å²) < 4.78 is 25.4. The molecule has 1 aliphatic carbocycles. The minimum absolute atomic E-state index is 0.00466. The zero-order valence-corrected chi connectivity index (χ0v) is 23.5. The van der Waals surface area contributed by atoms with Crippen LogP contribution in [0.5, 0.6) is 0 Å². The van der Waals surface area contributed by atoms with E-state index in [2.05, 4.69) is 32.9 Å². The number of nitrogens with zero attached hydrogens (tertiary/aromatic N) is 4. The normalized spacial score (nSPS) is 28.0. The lowest BCUT2D eigenvalue weighted by Crippen LogP contribution is -2.73. The third kappa shape index (κ3) is 5.06. The van der Waals surface area contributed by atoms with E-state index >= 15 is 0 Å². The average molecular weight is 580 g/mol. The number of hydrogen-bond acceptors (Lipinski definition) is 8. The van der Waals surface area contributed by atoms with E-state index in [0.717, 1.165) is 56.8 Å². The maximum atomic E-state index is 13.9. The van der Waals surface area contributed by atoms with E-state index in [4.69, 9.17) is 37.7 Å². The van der Waals surface area contributed by atoms with Gasteiger partial charge in [-0.1, -0.05) is 29.3 Å². The lowest BCUT2D eigenvalue weighted by molar-refractivity contribution is -0.0371. The Kier molecular flexibility index (Phi) is 7.35. The van der Waals surface area contributed by atoms with Gasteiger partial charge in [0.05, 0.1) is 29.9 Å². The molecule has 1 saturated carbocycles. The van der Waals surface area contributed by atoms with Crippen LogP contribution in [0.15, 0.2) is 24.5 Å². The number of fused-ring (bicyclic) bond motifs is 1. The van der Waals surface area contributed by atoms with Crippen molar-refractivity contribution in [2.45, 2.75) is 57.4 Å². The first kappa shape index (κ1) is 27.0. The molecule has 0 aromatic carbocycles. The predicted molar refractivity (Wildman–Crippen MR) is 145 cm³/mol. The number of carbonyl (C=O) groups is 1. The Morgan fingerprint density at radius 2 is 1.97 bits per heavy atom. The van der Waals surface area contributed by atoms with E-state index in [0.29, 0.717) is 29.2 Å². The number of rotatable bonds is 6. The van der Waals surface area contributed by atoms with Gasteiger partial charge in [-0.25, -0.2) is 20.2 Å². The van der Waals surface area contributed by atoms with Crippen LogP contribution in [0.2, 0.25) is 10.0 Å². The Bertz CT molecular complexity index is 1220. The highest BCUT2D eigenvalue weighted by Crippen LogP contribution is 2.43. The Morgan fingerprint density at radius 3 is 2.69 bits per heavy atom. The number of ether oxygens (including phenoxy) is 2. The van der Waals surface area contributed by atoms with Crippen molar-refractivity contribution in [2.75, 3.05) is 37.7 Å². The first-order valence-corrected chi connectivity index (χ1v) is 14.3. The fourth-order valence-corrected chi connectivity index (χ4v) is 7.31. The number of anilines is 1. The summed E-state index contributed by atoms with van der Waals surface area (Å²) in [6.07, 6.45) is 5.25. The fourth-order valence-electron chi connectivity index (χ4n) is 6.66. The van der Waals surface area contributed by atoms with Crippen LogP contribution in [0, 0.1) is 17.3 Å². The third-order valence-electron chi connectivity index (χ3n) is 8.56. The molecule has 6 rings (SSSR count). The molecule has 2 aromatic rings. The molecule has 2 N–H and O–H groups in total. The number of aromatic nitrogens is 2. The molecule has 1 spiro atoms. The molecule has 3 saturated heterocycles. The molecule has 2 aromatic heterocycles. The number of amides is 1. The van der Waals surface area contributed by atoms with Crippen molar-refractivity contribution in [1.82, 2.24) is 25.7 Å². The highest BCUT2D eigenvalue weighted by atomic mass is 35.5. The minimum atomic E-state index is -0.741. The first-order valence-electron chi connectivity index (χ1n) is 13.6. The maximum Gasteiger partial charge on any atom is 0.409 e. The zero-order valence-electron chi connectivity index (χ0n) is 22.0. The van der Waals surface area contributed by atoms with Gasteiger partial charge in [-0.15, -0.1) is 0 Å². The summed E-state index contributed by atoms with van der Waals surface area (Å²) >= 11 is 12.4. The molecule has 4 unspecified atom stereocenters. The summed E-state index contributed by atoms with van der Waals surface area (Å²) in [5, 5.41) is 0.219. The number of halogens is 3.